The molecule has 1 amide bonds. The summed E-state index contributed by atoms with van der Waals surface area (Å²) in [6.07, 6.45) is 9.19. The zero-order valence-electron chi connectivity index (χ0n) is 18.4. The smallest absolute Gasteiger partial charge is 0.223 e. The number of rotatable bonds is 8. The van der Waals surface area contributed by atoms with Crippen LogP contribution in [0, 0.1) is 5.92 Å². The van der Waals surface area contributed by atoms with Crippen LogP contribution in [0.2, 0.25) is 0 Å². The van der Waals surface area contributed by atoms with Crippen LogP contribution in [0.15, 0.2) is 49.3 Å². The van der Waals surface area contributed by atoms with Gasteiger partial charge in [-0.25, -0.2) is 15.0 Å². The van der Waals surface area contributed by atoms with Gasteiger partial charge in [-0.1, -0.05) is 6.07 Å². The molecule has 9 nitrogen and oxygen atoms in total. The molecule has 0 atom stereocenters. The molecule has 1 aliphatic rings. The lowest BCUT2D eigenvalue weighted by Gasteiger charge is -2.32. The molecule has 32 heavy (non-hydrogen) atoms. The highest BCUT2D eigenvalue weighted by molar-refractivity contribution is 5.79. The molecule has 0 bridgehead atoms. The SMILES string of the molecule is COc1ccc(CCNC(=O)C2CCN(c3cc(-n4ccnc4)ncn3)CC2)cc1OC. The van der Waals surface area contributed by atoms with E-state index >= 15 is 0 Å². The molecule has 3 aromatic rings. The summed E-state index contributed by atoms with van der Waals surface area (Å²) in [6.45, 7) is 2.16. The number of hydrogen-bond donors (Lipinski definition) is 1. The number of imidazole rings is 1. The zero-order chi connectivity index (χ0) is 22.3. The van der Waals surface area contributed by atoms with Crippen molar-refractivity contribution < 1.29 is 14.3 Å². The Bertz CT molecular complexity index is 1030. The maximum atomic E-state index is 12.7. The number of anilines is 1. The summed E-state index contributed by atoms with van der Waals surface area (Å²) in [5.74, 6) is 3.19. The molecule has 4 rings (SSSR count). The number of aromatic nitrogens is 4. The van der Waals surface area contributed by atoms with Gasteiger partial charge in [-0.3, -0.25) is 9.36 Å². The minimum Gasteiger partial charge on any atom is -0.493 e. The van der Waals surface area contributed by atoms with E-state index in [1.165, 1.54) is 0 Å². The van der Waals surface area contributed by atoms with E-state index in [1.807, 2.05) is 35.0 Å². The lowest BCUT2D eigenvalue weighted by molar-refractivity contribution is -0.125. The number of hydrogen-bond acceptors (Lipinski definition) is 7. The van der Waals surface area contributed by atoms with Gasteiger partial charge in [-0.15, -0.1) is 0 Å². The lowest BCUT2D eigenvalue weighted by atomic mass is 9.96. The van der Waals surface area contributed by atoms with Gasteiger partial charge in [0, 0.05) is 44.0 Å². The second kappa shape index (κ2) is 10.1. The van der Waals surface area contributed by atoms with Crippen molar-refractivity contribution in [2.75, 3.05) is 38.8 Å². The van der Waals surface area contributed by atoms with Crippen LogP contribution in [-0.2, 0) is 11.2 Å². The average molecular weight is 437 g/mol. The van der Waals surface area contributed by atoms with E-state index in [1.54, 1.807) is 33.1 Å². The summed E-state index contributed by atoms with van der Waals surface area (Å²) >= 11 is 0. The fraction of sp³-hybridized carbons (Fsp3) is 0.391. The lowest BCUT2D eigenvalue weighted by Crippen LogP contribution is -2.41. The topological polar surface area (TPSA) is 94.4 Å². The fourth-order valence-corrected chi connectivity index (χ4v) is 3.93. The van der Waals surface area contributed by atoms with E-state index in [-0.39, 0.29) is 11.8 Å². The number of nitrogens with zero attached hydrogens (tertiary/aromatic N) is 5. The number of benzene rings is 1. The fourth-order valence-electron chi connectivity index (χ4n) is 3.93. The predicted octanol–water partition coefficient (Wildman–Crippen LogP) is 2.25. The van der Waals surface area contributed by atoms with Crippen molar-refractivity contribution in [1.29, 1.82) is 0 Å². The van der Waals surface area contributed by atoms with Crippen LogP contribution in [0.4, 0.5) is 5.82 Å². The summed E-state index contributed by atoms with van der Waals surface area (Å²) in [5.41, 5.74) is 1.09. The van der Waals surface area contributed by atoms with Gasteiger partial charge in [0.05, 0.1) is 14.2 Å². The largest absolute Gasteiger partial charge is 0.493 e. The molecule has 1 saturated heterocycles. The highest BCUT2D eigenvalue weighted by Gasteiger charge is 2.25. The minimum absolute atomic E-state index is 0.0200. The maximum absolute atomic E-state index is 12.7. The monoisotopic (exact) mass is 436 g/mol. The maximum Gasteiger partial charge on any atom is 0.223 e. The van der Waals surface area contributed by atoms with Crippen LogP contribution < -0.4 is 19.7 Å². The molecule has 168 valence electrons. The first kappa shape index (κ1) is 21.6. The summed E-state index contributed by atoms with van der Waals surface area (Å²) < 4.78 is 12.5. The van der Waals surface area contributed by atoms with E-state index in [2.05, 4.69) is 25.2 Å². The quantitative estimate of drug-likeness (QED) is 0.579. The molecular weight excluding hydrogens is 408 g/mol. The van der Waals surface area contributed by atoms with Gasteiger partial charge >= 0.3 is 0 Å². The van der Waals surface area contributed by atoms with Crippen molar-refractivity contribution in [1.82, 2.24) is 24.8 Å². The molecule has 1 aliphatic heterocycles. The van der Waals surface area contributed by atoms with Crippen molar-refractivity contribution in [2.45, 2.75) is 19.3 Å². The number of piperidine rings is 1. The number of methoxy groups -OCH3 is 2. The Labute approximate surface area is 187 Å². The number of amides is 1. The van der Waals surface area contributed by atoms with E-state index in [0.717, 1.165) is 49.6 Å². The Morgan fingerprint density at radius 3 is 2.59 bits per heavy atom. The summed E-state index contributed by atoms with van der Waals surface area (Å²) in [4.78, 5) is 27.6. The number of nitrogens with one attached hydrogen (secondary N) is 1. The first-order valence-corrected chi connectivity index (χ1v) is 10.7. The molecule has 1 fully saturated rings. The molecule has 0 aliphatic carbocycles. The molecule has 1 N–H and O–H groups in total. The molecule has 0 unspecified atom stereocenters. The van der Waals surface area contributed by atoms with Crippen LogP contribution in [0.5, 0.6) is 11.5 Å². The van der Waals surface area contributed by atoms with Gasteiger partial charge in [-0.2, -0.15) is 0 Å². The molecule has 3 heterocycles. The predicted molar refractivity (Wildman–Crippen MR) is 120 cm³/mol. The van der Waals surface area contributed by atoms with Crippen LogP contribution in [0.25, 0.3) is 5.82 Å². The van der Waals surface area contributed by atoms with Crippen molar-refractivity contribution >= 4 is 11.7 Å². The van der Waals surface area contributed by atoms with Crippen LogP contribution in [-0.4, -0.2) is 59.3 Å². The van der Waals surface area contributed by atoms with E-state index in [9.17, 15) is 4.79 Å². The number of carbonyl (C=O) groups excluding carboxylic acids is 1. The summed E-state index contributed by atoms with van der Waals surface area (Å²) in [7, 11) is 3.24. The first-order valence-electron chi connectivity index (χ1n) is 10.7. The molecule has 9 heteroatoms. The molecular formula is C23H28N6O3. The van der Waals surface area contributed by atoms with Crippen molar-refractivity contribution in [3.8, 4) is 17.3 Å². The molecule has 0 saturated carbocycles. The molecule has 0 spiro atoms. The van der Waals surface area contributed by atoms with Gasteiger partial charge in [0.1, 0.15) is 24.3 Å². The first-order chi connectivity index (χ1) is 15.7. The Morgan fingerprint density at radius 2 is 1.88 bits per heavy atom. The van der Waals surface area contributed by atoms with Crippen LogP contribution in [0.1, 0.15) is 18.4 Å². The normalized spacial score (nSPS) is 14.2. The van der Waals surface area contributed by atoms with Crippen molar-refractivity contribution in [3.05, 3.63) is 54.9 Å². The standard InChI is InChI=1S/C23H28N6O3/c1-31-19-4-3-17(13-20(19)32-2)5-8-25-23(30)18-6-10-28(11-7-18)21-14-22(27-15-26-21)29-12-9-24-16-29/h3-4,9,12-16,18H,5-8,10-11H2,1-2H3,(H,25,30). The van der Waals surface area contributed by atoms with Crippen LogP contribution >= 0.6 is 0 Å². The number of carbonyl (C=O) groups is 1. The Hall–Kier alpha value is -3.62. The van der Waals surface area contributed by atoms with Gasteiger partial charge in [-0.05, 0) is 37.0 Å². The van der Waals surface area contributed by atoms with Crippen LogP contribution in [0.3, 0.4) is 0 Å². The second-order valence-corrected chi connectivity index (χ2v) is 7.70. The second-order valence-electron chi connectivity index (χ2n) is 7.70. The van der Waals surface area contributed by atoms with Gasteiger partial charge < -0.3 is 19.7 Å². The highest BCUT2D eigenvalue weighted by atomic mass is 16.5. The van der Waals surface area contributed by atoms with E-state index in [0.29, 0.717) is 18.0 Å². The van der Waals surface area contributed by atoms with Gasteiger partial charge in [0.15, 0.2) is 11.5 Å². The molecule has 1 aromatic carbocycles. The molecule has 2 aromatic heterocycles. The average Bonchev–Trinajstić information content (AvgIpc) is 3.39. The minimum atomic E-state index is 0.0200. The third-order valence-electron chi connectivity index (χ3n) is 5.76. The Balaban J connectivity index is 1.26. The third-order valence-corrected chi connectivity index (χ3v) is 5.76. The van der Waals surface area contributed by atoms with Crippen molar-refractivity contribution in [3.63, 3.8) is 0 Å². The Kier molecular flexibility index (Phi) is 6.84. The third kappa shape index (κ3) is 4.99. The number of ether oxygens (including phenoxy) is 2. The Morgan fingerprint density at radius 1 is 1.09 bits per heavy atom. The van der Waals surface area contributed by atoms with Crippen molar-refractivity contribution in [2.24, 2.45) is 5.92 Å². The molecule has 0 radical (unpaired) electrons. The van der Waals surface area contributed by atoms with Gasteiger partial charge in [0.2, 0.25) is 5.91 Å². The van der Waals surface area contributed by atoms with E-state index < -0.39 is 0 Å². The van der Waals surface area contributed by atoms with Gasteiger partial charge in [0.25, 0.3) is 0 Å². The van der Waals surface area contributed by atoms with E-state index in [4.69, 9.17) is 9.47 Å². The summed E-state index contributed by atoms with van der Waals surface area (Å²) in [6, 6.07) is 7.78. The summed E-state index contributed by atoms with van der Waals surface area (Å²) in [5, 5.41) is 3.08. The zero-order valence-corrected chi connectivity index (χ0v) is 18.4. The highest BCUT2D eigenvalue weighted by Crippen LogP contribution is 2.27.